The molecule has 4 fully saturated rings. The van der Waals surface area contributed by atoms with Crippen molar-refractivity contribution < 1.29 is 5.11 Å². The first-order valence-electron chi connectivity index (χ1n) is 10.1. The number of aliphatic imine (C=N–C) groups is 1. The predicted molar refractivity (Wildman–Crippen MR) is 114 cm³/mol. The predicted octanol–water partition coefficient (Wildman–Crippen LogP) is 6.68. The first-order valence-corrected chi connectivity index (χ1v) is 10.9. The summed E-state index contributed by atoms with van der Waals surface area (Å²) in [6.07, 6.45) is 10.2. The first-order chi connectivity index (χ1) is 13.0. The highest BCUT2D eigenvalue weighted by molar-refractivity contribution is 9.10. The molecule has 2 nitrogen and oxygen atoms in total. The van der Waals surface area contributed by atoms with Gasteiger partial charge in [0.1, 0.15) is 5.75 Å². The number of halogens is 1. The number of nitrogens with zero attached hydrogens (tertiary/aromatic N) is 1. The Kier molecular flexibility index (Phi) is 4.19. The Bertz CT molecular complexity index is 881. The number of aromatic hydroxyl groups is 1. The van der Waals surface area contributed by atoms with Crippen LogP contribution in [0.15, 0.2) is 45.9 Å². The lowest BCUT2D eigenvalue weighted by Gasteiger charge is -2.57. The molecule has 0 aromatic heterocycles. The number of benzene rings is 2. The molecule has 0 atom stereocenters. The Morgan fingerprint density at radius 3 is 2.30 bits per heavy atom. The molecule has 4 aliphatic rings. The fourth-order valence-corrected chi connectivity index (χ4v) is 6.90. The van der Waals surface area contributed by atoms with Gasteiger partial charge in [-0.15, -0.1) is 0 Å². The summed E-state index contributed by atoms with van der Waals surface area (Å²) in [5.74, 6) is 3.08. The minimum absolute atomic E-state index is 0.315. The molecule has 0 saturated heterocycles. The van der Waals surface area contributed by atoms with Gasteiger partial charge in [-0.2, -0.15) is 0 Å². The highest BCUT2D eigenvalue weighted by Gasteiger charge is 2.51. The largest absolute Gasteiger partial charge is 0.507 e. The molecule has 140 valence electrons. The van der Waals surface area contributed by atoms with Gasteiger partial charge in [-0.1, -0.05) is 12.1 Å². The monoisotopic (exact) mass is 423 g/mol. The lowest BCUT2D eigenvalue weighted by atomic mass is 9.48. The van der Waals surface area contributed by atoms with Gasteiger partial charge in [0.25, 0.3) is 0 Å². The summed E-state index contributed by atoms with van der Waals surface area (Å²) in [7, 11) is 0. The van der Waals surface area contributed by atoms with Crippen LogP contribution in [0.1, 0.15) is 55.2 Å². The third-order valence-corrected chi connectivity index (χ3v) is 7.76. The molecule has 0 unspecified atom stereocenters. The normalized spacial score (nSPS) is 31.7. The van der Waals surface area contributed by atoms with Crippen molar-refractivity contribution in [2.24, 2.45) is 22.7 Å². The third kappa shape index (κ3) is 3.14. The minimum Gasteiger partial charge on any atom is -0.507 e. The zero-order valence-corrected chi connectivity index (χ0v) is 17.4. The molecule has 6 rings (SSSR count). The molecule has 0 radical (unpaired) electrons. The Hall–Kier alpha value is -1.61. The van der Waals surface area contributed by atoms with Crippen LogP contribution in [0.2, 0.25) is 0 Å². The van der Waals surface area contributed by atoms with Gasteiger partial charge in [0.2, 0.25) is 0 Å². The number of phenolic OH excluding ortho intramolecular Hbond substituents is 1. The maximum atomic E-state index is 10.4. The Labute approximate surface area is 169 Å². The minimum atomic E-state index is 0.315. The molecular weight excluding hydrogens is 398 g/mol. The first kappa shape index (κ1) is 17.5. The van der Waals surface area contributed by atoms with Crippen LogP contribution in [0.5, 0.6) is 5.75 Å². The van der Waals surface area contributed by atoms with Gasteiger partial charge in [0.15, 0.2) is 0 Å². The third-order valence-electron chi connectivity index (χ3n) is 7.12. The molecule has 27 heavy (non-hydrogen) atoms. The van der Waals surface area contributed by atoms with Gasteiger partial charge in [0.05, 0.1) is 5.69 Å². The number of rotatable bonds is 3. The van der Waals surface area contributed by atoms with Crippen LogP contribution in [-0.4, -0.2) is 11.3 Å². The van der Waals surface area contributed by atoms with Crippen molar-refractivity contribution in [1.29, 1.82) is 0 Å². The second kappa shape index (κ2) is 6.48. The van der Waals surface area contributed by atoms with Crippen molar-refractivity contribution >= 4 is 27.8 Å². The Morgan fingerprint density at radius 2 is 1.67 bits per heavy atom. The SMILES string of the molecule is Cc1ccc(N=Cc2cc(C34CC5CC(CC(C5)C3)C4)ccc2O)c(Br)c1. The van der Waals surface area contributed by atoms with Crippen molar-refractivity contribution in [3.05, 3.63) is 57.6 Å². The van der Waals surface area contributed by atoms with Gasteiger partial charge in [-0.3, -0.25) is 4.99 Å². The Balaban J connectivity index is 1.47. The summed E-state index contributed by atoms with van der Waals surface area (Å²) < 4.78 is 0.982. The number of aryl methyl sites for hydroxylation is 1. The van der Waals surface area contributed by atoms with Crippen molar-refractivity contribution in [1.82, 2.24) is 0 Å². The topological polar surface area (TPSA) is 32.6 Å². The van der Waals surface area contributed by atoms with Crippen LogP contribution >= 0.6 is 15.9 Å². The van der Waals surface area contributed by atoms with Crippen molar-refractivity contribution in [2.45, 2.75) is 50.9 Å². The highest BCUT2D eigenvalue weighted by Crippen LogP contribution is 2.60. The van der Waals surface area contributed by atoms with Crippen LogP contribution < -0.4 is 0 Å². The summed E-state index contributed by atoms with van der Waals surface area (Å²) in [5, 5.41) is 10.4. The second-order valence-corrected chi connectivity index (χ2v) is 10.0. The zero-order valence-electron chi connectivity index (χ0n) is 15.8. The molecule has 0 amide bonds. The van der Waals surface area contributed by atoms with Crippen molar-refractivity contribution in [2.75, 3.05) is 0 Å². The molecule has 2 aromatic rings. The summed E-state index contributed by atoms with van der Waals surface area (Å²) in [6.45, 7) is 2.07. The number of phenols is 1. The van der Waals surface area contributed by atoms with E-state index >= 15 is 0 Å². The van der Waals surface area contributed by atoms with Crippen LogP contribution in [-0.2, 0) is 5.41 Å². The maximum absolute atomic E-state index is 10.4. The van der Waals surface area contributed by atoms with E-state index in [0.29, 0.717) is 11.2 Å². The molecule has 0 spiro atoms. The van der Waals surface area contributed by atoms with Gasteiger partial charge in [-0.25, -0.2) is 0 Å². The standard InChI is InChI=1S/C24H26BrNO/c1-15-2-4-22(21(25)6-15)26-14-19-10-20(3-5-23(19)27)24-11-16-7-17(12-24)9-18(8-16)13-24/h2-6,10,14,16-18,27H,7-9,11-13H2,1H3. The molecule has 2 aromatic carbocycles. The van der Waals surface area contributed by atoms with Gasteiger partial charge in [0, 0.05) is 16.3 Å². The zero-order chi connectivity index (χ0) is 18.6. The lowest BCUT2D eigenvalue weighted by molar-refractivity contribution is -0.00520. The molecule has 4 saturated carbocycles. The van der Waals surface area contributed by atoms with E-state index in [-0.39, 0.29) is 0 Å². The van der Waals surface area contributed by atoms with E-state index in [1.54, 1.807) is 0 Å². The molecular formula is C24H26BrNO. The summed E-state index contributed by atoms with van der Waals surface area (Å²) >= 11 is 3.59. The van der Waals surface area contributed by atoms with E-state index in [9.17, 15) is 5.11 Å². The van der Waals surface area contributed by atoms with E-state index < -0.39 is 0 Å². The van der Waals surface area contributed by atoms with Crippen LogP contribution in [0.3, 0.4) is 0 Å². The molecule has 3 heteroatoms. The van der Waals surface area contributed by atoms with Gasteiger partial charge < -0.3 is 5.11 Å². The van der Waals surface area contributed by atoms with E-state index in [0.717, 1.165) is 33.5 Å². The molecule has 0 aliphatic heterocycles. The fraction of sp³-hybridized carbons (Fsp3) is 0.458. The molecule has 1 N–H and O–H groups in total. The average molecular weight is 424 g/mol. The number of hydrogen-bond donors (Lipinski definition) is 1. The average Bonchev–Trinajstić information content (AvgIpc) is 2.61. The summed E-state index contributed by atoms with van der Waals surface area (Å²) in [6, 6.07) is 12.4. The van der Waals surface area contributed by atoms with Crippen molar-refractivity contribution in [3.8, 4) is 5.75 Å². The molecule has 4 bridgehead atoms. The highest BCUT2D eigenvalue weighted by atomic mass is 79.9. The van der Waals surface area contributed by atoms with Gasteiger partial charge in [-0.05, 0) is 120 Å². The number of hydrogen-bond acceptors (Lipinski definition) is 2. The van der Waals surface area contributed by atoms with Crippen LogP contribution in [0, 0.1) is 24.7 Å². The van der Waals surface area contributed by atoms with E-state index in [1.807, 2.05) is 18.3 Å². The van der Waals surface area contributed by atoms with Gasteiger partial charge >= 0.3 is 0 Å². The summed E-state index contributed by atoms with van der Waals surface area (Å²) in [5.41, 5.74) is 4.68. The second-order valence-electron chi connectivity index (χ2n) is 9.18. The fourth-order valence-electron chi connectivity index (χ4n) is 6.31. The summed E-state index contributed by atoms with van der Waals surface area (Å²) in [4.78, 5) is 4.63. The lowest BCUT2D eigenvalue weighted by Crippen LogP contribution is -2.48. The van der Waals surface area contributed by atoms with Crippen LogP contribution in [0.4, 0.5) is 5.69 Å². The Morgan fingerprint density at radius 1 is 1.00 bits per heavy atom. The van der Waals surface area contributed by atoms with E-state index in [4.69, 9.17) is 0 Å². The quantitative estimate of drug-likeness (QED) is 0.548. The van der Waals surface area contributed by atoms with E-state index in [2.05, 4.69) is 52.1 Å². The van der Waals surface area contributed by atoms with Crippen molar-refractivity contribution in [3.63, 3.8) is 0 Å². The van der Waals surface area contributed by atoms with E-state index in [1.165, 1.54) is 49.7 Å². The smallest absolute Gasteiger partial charge is 0.124 e. The van der Waals surface area contributed by atoms with Crippen LogP contribution in [0.25, 0.3) is 0 Å². The maximum Gasteiger partial charge on any atom is 0.124 e. The molecule has 0 heterocycles. The molecule has 4 aliphatic carbocycles.